The number of amides is 1. The molecule has 1 amide bonds. The van der Waals surface area contributed by atoms with Crippen LogP contribution in [0.5, 0.6) is 5.75 Å². The smallest absolute Gasteiger partial charge is 0.260 e. The van der Waals surface area contributed by atoms with Crippen molar-refractivity contribution in [2.45, 2.75) is 0 Å². The Morgan fingerprint density at radius 2 is 1.97 bits per heavy atom. The minimum absolute atomic E-state index is 0. The maximum atomic E-state index is 13.3. The maximum Gasteiger partial charge on any atom is 0.260 e. The van der Waals surface area contributed by atoms with Crippen LogP contribution < -0.4 is 9.64 Å². The first-order valence-electron chi connectivity index (χ1n) is 9.46. The van der Waals surface area contributed by atoms with Crippen molar-refractivity contribution in [2.75, 3.05) is 51.4 Å². The van der Waals surface area contributed by atoms with E-state index >= 15 is 0 Å². The zero-order valence-electron chi connectivity index (χ0n) is 16.5. The number of aromatic nitrogens is 1. The van der Waals surface area contributed by atoms with Crippen molar-refractivity contribution in [3.8, 4) is 5.75 Å². The molecule has 9 heteroatoms. The van der Waals surface area contributed by atoms with E-state index in [-0.39, 0.29) is 24.1 Å². The average molecular weight is 452 g/mol. The zero-order valence-corrected chi connectivity index (χ0v) is 18.2. The quantitative estimate of drug-likeness (QED) is 0.570. The number of thiazole rings is 1. The van der Waals surface area contributed by atoms with Crippen LogP contribution in [-0.2, 0) is 4.74 Å². The van der Waals surface area contributed by atoms with Gasteiger partial charge in [0.25, 0.3) is 5.91 Å². The molecule has 2 aromatic carbocycles. The Labute approximate surface area is 184 Å². The molecule has 6 nitrogen and oxygen atoms in total. The van der Waals surface area contributed by atoms with Crippen LogP contribution in [-0.4, -0.2) is 62.3 Å². The van der Waals surface area contributed by atoms with E-state index in [1.54, 1.807) is 12.0 Å². The summed E-state index contributed by atoms with van der Waals surface area (Å²) in [5.41, 5.74) is 1.22. The second-order valence-electron chi connectivity index (χ2n) is 6.75. The lowest BCUT2D eigenvalue weighted by Crippen LogP contribution is -2.43. The molecule has 1 saturated heterocycles. The maximum absolute atomic E-state index is 13.3. The molecule has 30 heavy (non-hydrogen) atoms. The third-order valence-electron chi connectivity index (χ3n) is 4.89. The fourth-order valence-corrected chi connectivity index (χ4v) is 4.21. The molecular formula is C21H23ClFN3O3S. The predicted octanol–water partition coefficient (Wildman–Crippen LogP) is 3.84. The summed E-state index contributed by atoms with van der Waals surface area (Å²) in [6.07, 6.45) is 0. The molecule has 1 aromatic heterocycles. The number of carbonyl (C=O) groups is 1. The summed E-state index contributed by atoms with van der Waals surface area (Å²) >= 11 is 1.46. The molecule has 4 rings (SSSR count). The minimum Gasteiger partial charge on any atom is -0.497 e. The number of ether oxygens (including phenoxy) is 2. The molecule has 1 fully saturated rings. The summed E-state index contributed by atoms with van der Waals surface area (Å²) in [5.74, 6) is 0.164. The van der Waals surface area contributed by atoms with Gasteiger partial charge in [0.1, 0.15) is 11.6 Å². The van der Waals surface area contributed by atoms with E-state index in [9.17, 15) is 9.18 Å². The molecule has 160 valence electrons. The van der Waals surface area contributed by atoms with Gasteiger partial charge in [-0.3, -0.25) is 14.6 Å². The fraction of sp³-hybridized carbons (Fsp3) is 0.333. The van der Waals surface area contributed by atoms with Crippen molar-refractivity contribution >= 4 is 45.0 Å². The lowest BCUT2D eigenvalue weighted by Gasteiger charge is -2.29. The Balaban J connectivity index is 0.00000256. The van der Waals surface area contributed by atoms with Gasteiger partial charge in [0.05, 0.1) is 30.5 Å². The number of anilines is 1. The van der Waals surface area contributed by atoms with Crippen molar-refractivity contribution in [3.05, 3.63) is 53.8 Å². The highest BCUT2D eigenvalue weighted by atomic mass is 35.5. The SMILES string of the molecule is COc1ccc2sc(N(CCN3CCOCC3)C(=O)c3ccc(F)cc3)nc2c1.Cl. The lowest BCUT2D eigenvalue weighted by atomic mass is 10.2. The molecule has 0 bridgehead atoms. The first-order valence-corrected chi connectivity index (χ1v) is 10.3. The molecule has 2 heterocycles. The van der Waals surface area contributed by atoms with Gasteiger partial charge in [0.2, 0.25) is 0 Å². The summed E-state index contributed by atoms with van der Waals surface area (Å²) in [6.45, 7) is 4.30. The Hall–Kier alpha value is -2.26. The van der Waals surface area contributed by atoms with E-state index in [1.165, 1.54) is 35.6 Å². The number of hydrogen-bond acceptors (Lipinski definition) is 6. The second-order valence-corrected chi connectivity index (χ2v) is 7.76. The molecule has 0 saturated carbocycles. The zero-order chi connectivity index (χ0) is 20.2. The molecular weight excluding hydrogens is 429 g/mol. The number of benzene rings is 2. The largest absolute Gasteiger partial charge is 0.497 e. The molecule has 1 aliphatic rings. The van der Waals surface area contributed by atoms with Gasteiger partial charge in [-0.2, -0.15) is 0 Å². The number of methoxy groups -OCH3 is 1. The summed E-state index contributed by atoms with van der Waals surface area (Å²) < 4.78 is 25.0. The standard InChI is InChI=1S/C21H22FN3O3S.ClH/c1-27-17-6-7-19-18(14-17)23-21(29-19)25(9-8-24-10-12-28-13-11-24)20(26)15-2-4-16(22)5-3-15;/h2-7,14H,8-13H2,1H3;1H. The van der Waals surface area contributed by atoms with Gasteiger partial charge < -0.3 is 9.47 Å². The highest BCUT2D eigenvalue weighted by molar-refractivity contribution is 7.22. The summed E-state index contributed by atoms with van der Waals surface area (Å²) in [5, 5.41) is 0.621. The normalized spacial score (nSPS) is 14.3. The van der Waals surface area contributed by atoms with Crippen molar-refractivity contribution in [1.82, 2.24) is 9.88 Å². The number of morpholine rings is 1. The first kappa shape index (κ1) is 22.4. The van der Waals surface area contributed by atoms with Crippen LogP contribution in [0.3, 0.4) is 0 Å². The third-order valence-corrected chi connectivity index (χ3v) is 5.95. The van der Waals surface area contributed by atoms with E-state index in [1.807, 2.05) is 18.2 Å². The molecule has 0 aliphatic carbocycles. The topological polar surface area (TPSA) is 54.9 Å². The Morgan fingerprint density at radius 1 is 1.23 bits per heavy atom. The van der Waals surface area contributed by atoms with Gasteiger partial charge in [-0.25, -0.2) is 9.37 Å². The number of fused-ring (bicyclic) bond motifs is 1. The van der Waals surface area contributed by atoms with Crippen LogP contribution in [0.1, 0.15) is 10.4 Å². The van der Waals surface area contributed by atoms with Crippen LogP contribution in [0.25, 0.3) is 10.2 Å². The number of hydrogen-bond donors (Lipinski definition) is 0. The van der Waals surface area contributed by atoms with Crippen LogP contribution in [0.15, 0.2) is 42.5 Å². The minimum atomic E-state index is -0.367. The van der Waals surface area contributed by atoms with Crippen LogP contribution in [0.2, 0.25) is 0 Å². The van der Waals surface area contributed by atoms with Crippen molar-refractivity contribution in [2.24, 2.45) is 0 Å². The molecule has 0 N–H and O–H groups in total. The highest BCUT2D eigenvalue weighted by Gasteiger charge is 2.23. The van der Waals surface area contributed by atoms with Crippen LogP contribution >= 0.6 is 23.7 Å². The van der Waals surface area contributed by atoms with Crippen LogP contribution in [0, 0.1) is 5.82 Å². The molecule has 0 atom stereocenters. The molecule has 1 aliphatic heterocycles. The number of carbonyl (C=O) groups excluding carboxylic acids is 1. The summed E-state index contributed by atoms with van der Waals surface area (Å²) in [4.78, 5) is 21.9. The number of nitrogens with zero attached hydrogens (tertiary/aromatic N) is 3. The van der Waals surface area contributed by atoms with Gasteiger partial charge >= 0.3 is 0 Å². The van der Waals surface area contributed by atoms with Gasteiger partial charge in [0.15, 0.2) is 5.13 Å². The Bertz CT molecular complexity index is 993. The van der Waals surface area contributed by atoms with Crippen molar-refractivity contribution in [1.29, 1.82) is 0 Å². The van der Waals surface area contributed by atoms with Gasteiger partial charge in [-0.15, -0.1) is 12.4 Å². The fourth-order valence-electron chi connectivity index (χ4n) is 3.24. The number of rotatable bonds is 6. The van der Waals surface area contributed by atoms with E-state index in [0.29, 0.717) is 30.5 Å². The van der Waals surface area contributed by atoms with E-state index < -0.39 is 0 Å². The molecule has 0 spiro atoms. The monoisotopic (exact) mass is 451 g/mol. The van der Waals surface area contributed by atoms with Crippen molar-refractivity contribution in [3.63, 3.8) is 0 Å². The predicted molar refractivity (Wildman–Crippen MR) is 119 cm³/mol. The molecule has 0 radical (unpaired) electrons. The van der Waals surface area contributed by atoms with Gasteiger partial charge in [0, 0.05) is 37.8 Å². The van der Waals surface area contributed by atoms with E-state index in [2.05, 4.69) is 9.88 Å². The average Bonchev–Trinajstić information content (AvgIpc) is 3.17. The Morgan fingerprint density at radius 3 is 2.67 bits per heavy atom. The van der Waals surface area contributed by atoms with Gasteiger partial charge in [-0.05, 0) is 36.4 Å². The summed E-state index contributed by atoms with van der Waals surface area (Å²) in [7, 11) is 1.61. The Kier molecular flexibility index (Phi) is 7.60. The first-order chi connectivity index (χ1) is 14.1. The van der Waals surface area contributed by atoms with E-state index in [4.69, 9.17) is 9.47 Å². The van der Waals surface area contributed by atoms with E-state index in [0.717, 1.165) is 35.6 Å². The highest BCUT2D eigenvalue weighted by Crippen LogP contribution is 2.32. The number of halogens is 2. The summed E-state index contributed by atoms with van der Waals surface area (Å²) in [6, 6.07) is 11.3. The van der Waals surface area contributed by atoms with Crippen LogP contribution in [0.4, 0.5) is 9.52 Å². The van der Waals surface area contributed by atoms with Crippen molar-refractivity contribution < 1.29 is 18.7 Å². The molecule has 3 aromatic rings. The third kappa shape index (κ3) is 5.07. The second kappa shape index (κ2) is 10.2. The molecule has 0 unspecified atom stereocenters. The van der Waals surface area contributed by atoms with Gasteiger partial charge in [-0.1, -0.05) is 11.3 Å². The lowest BCUT2D eigenvalue weighted by molar-refractivity contribution is 0.0391.